The fraction of sp³-hybridized carbons (Fsp3) is 0.486. The number of esters is 1. The van der Waals surface area contributed by atoms with E-state index in [0.29, 0.717) is 42.5 Å². The highest BCUT2D eigenvalue weighted by Crippen LogP contribution is 2.64. The standard InChI is InChI=1S/C37H42N4O8/c1-23-4-15-32-36(2,30(23)14-13-29-31(42)21-47-34(29)43)17-16-33-37(32,3)22-48-35(49-33)25-7-11-28(12-8-25)46-20-26-19-40(39-38-26)18-24-5-9-27(10-6-24)41(44)45/h5-13,19,30-33,35,42H,1,4,14-18,20-22H2,2-3H3/b29-13+/t30-,31-,32?,33-,35?,36-,37+/m1/s1. The Bertz CT molecular complexity index is 1750. The Morgan fingerprint density at radius 2 is 1.92 bits per heavy atom. The fourth-order valence-corrected chi connectivity index (χ4v) is 8.64. The van der Waals surface area contributed by atoms with E-state index in [1.807, 2.05) is 30.3 Å². The lowest BCUT2D eigenvalue weighted by Crippen LogP contribution is -2.60. The predicted molar refractivity (Wildman–Crippen MR) is 177 cm³/mol. The van der Waals surface area contributed by atoms with Crippen LogP contribution in [0.4, 0.5) is 5.69 Å². The van der Waals surface area contributed by atoms with Gasteiger partial charge in [-0.3, -0.25) is 10.1 Å². The fourth-order valence-electron chi connectivity index (χ4n) is 8.64. The van der Waals surface area contributed by atoms with Crippen molar-refractivity contribution in [2.24, 2.45) is 22.7 Å². The van der Waals surface area contributed by atoms with Crippen LogP contribution in [0.15, 0.2) is 78.5 Å². The van der Waals surface area contributed by atoms with Gasteiger partial charge in [-0.25, -0.2) is 9.48 Å². The first-order valence-electron chi connectivity index (χ1n) is 16.9. The summed E-state index contributed by atoms with van der Waals surface area (Å²) in [6.45, 7) is 10.4. The zero-order valence-corrected chi connectivity index (χ0v) is 27.8. The molecule has 4 aliphatic rings. The summed E-state index contributed by atoms with van der Waals surface area (Å²) in [6.07, 6.45) is 6.88. The van der Waals surface area contributed by atoms with E-state index in [-0.39, 0.29) is 41.8 Å². The average molecular weight is 671 g/mol. The zero-order chi connectivity index (χ0) is 34.3. The molecule has 1 aromatic heterocycles. The number of hydrogen-bond acceptors (Lipinski definition) is 10. The topological polar surface area (TPSA) is 148 Å². The molecule has 258 valence electrons. The van der Waals surface area contributed by atoms with Crippen molar-refractivity contribution in [2.75, 3.05) is 13.2 Å². The molecule has 0 bridgehead atoms. The molecule has 12 nitrogen and oxygen atoms in total. The molecule has 0 amide bonds. The van der Waals surface area contributed by atoms with Crippen molar-refractivity contribution < 1.29 is 33.8 Å². The number of aliphatic hydroxyl groups excluding tert-OH is 1. The van der Waals surface area contributed by atoms with Gasteiger partial charge in [0, 0.05) is 23.1 Å². The number of fused-ring (bicyclic) bond motifs is 3. The molecule has 2 unspecified atom stereocenters. The van der Waals surface area contributed by atoms with E-state index in [9.17, 15) is 20.0 Å². The molecule has 3 aromatic rings. The number of rotatable bonds is 9. The minimum Gasteiger partial charge on any atom is -0.487 e. The molecule has 49 heavy (non-hydrogen) atoms. The monoisotopic (exact) mass is 670 g/mol. The maximum atomic E-state index is 12.1. The lowest BCUT2D eigenvalue weighted by molar-refractivity contribution is -0.384. The van der Waals surface area contributed by atoms with E-state index in [4.69, 9.17) is 18.9 Å². The van der Waals surface area contributed by atoms with Gasteiger partial charge in [0.15, 0.2) is 6.29 Å². The number of carbonyl (C=O) groups excluding carboxylic acids is 1. The lowest BCUT2D eigenvalue weighted by Gasteiger charge is -2.62. The number of nitrogens with zero attached hydrogens (tertiary/aromatic N) is 4. The second-order valence-corrected chi connectivity index (χ2v) is 14.3. The summed E-state index contributed by atoms with van der Waals surface area (Å²) in [5, 5.41) is 29.4. The van der Waals surface area contributed by atoms with Crippen molar-refractivity contribution in [3.05, 3.63) is 105 Å². The Morgan fingerprint density at radius 3 is 2.63 bits per heavy atom. The summed E-state index contributed by atoms with van der Waals surface area (Å²) >= 11 is 0. The quantitative estimate of drug-likeness (QED) is 0.0966. The number of nitro groups is 1. The van der Waals surface area contributed by atoms with Crippen molar-refractivity contribution in [1.29, 1.82) is 0 Å². The molecule has 2 aromatic carbocycles. The smallest absolute Gasteiger partial charge is 0.336 e. The van der Waals surface area contributed by atoms with Gasteiger partial charge in [-0.05, 0) is 67.1 Å². The number of benzene rings is 2. The highest BCUT2D eigenvalue weighted by atomic mass is 16.7. The van der Waals surface area contributed by atoms with E-state index < -0.39 is 23.3 Å². The van der Waals surface area contributed by atoms with Crippen LogP contribution in [0.25, 0.3) is 0 Å². The van der Waals surface area contributed by atoms with Gasteiger partial charge in [0.05, 0.1) is 35.9 Å². The SMILES string of the molecule is C=C1CCC2[C@](C)(CC[C@H]3OC(c4ccc(OCc5cn(Cc6ccc([N+](=O)[O-])cc6)nn5)cc4)OC[C@@]23C)[C@@H]1C/C=C1/C(=O)OC[C@H]1O. The van der Waals surface area contributed by atoms with Crippen molar-refractivity contribution in [2.45, 2.75) is 77.6 Å². The third-order valence-electron chi connectivity index (χ3n) is 11.3. The molecule has 2 aliphatic heterocycles. The molecule has 1 N–H and O–H groups in total. The number of non-ortho nitro benzene ring substituents is 1. The third kappa shape index (κ3) is 6.40. The molecular formula is C37H42N4O8. The van der Waals surface area contributed by atoms with Crippen LogP contribution in [0.5, 0.6) is 5.75 Å². The van der Waals surface area contributed by atoms with Crippen LogP contribution >= 0.6 is 0 Å². The first-order valence-corrected chi connectivity index (χ1v) is 16.9. The van der Waals surface area contributed by atoms with Crippen LogP contribution in [0.1, 0.15) is 69.1 Å². The van der Waals surface area contributed by atoms with Crippen molar-refractivity contribution >= 4 is 11.7 Å². The van der Waals surface area contributed by atoms with Crippen LogP contribution in [-0.2, 0) is 32.2 Å². The molecule has 0 radical (unpaired) electrons. The number of carbonyl (C=O) groups is 1. The Labute approximate surface area is 284 Å². The molecule has 3 heterocycles. The van der Waals surface area contributed by atoms with E-state index >= 15 is 0 Å². The van der Waals surface area contributed by atoms with Gasteiger partial charge in [-0.15, -0.1) is 5.10 Å². The second-order valence-electron chi connectivity index (χ2n) is 14.3. The van der Waals surface area contributed by atoms with Crippen molar-refractivity contribution in [1.82, 2.24) is 15.0 Å². The molecule has 0 spiro atoms. The normalized spacial score (nSPS) is 32.0. The summed E-state index contributed by atoms with van der Waals surface area (Å²) in [5.41, 5.74) is 3.91. The molecule has 7 atom stereocenters. The lowest BCUT2D eigenvalue weighted by atomic mass is 9.46. The van der Waals surface area contributed by atoms with Gasteiger partial charge in [0.2, 0.25) is 0 Å². The van der Waals surface area contributed by atoms with Crippen LogP contribution in [0.2, 0.25) is 0 Å². The van der Waals surface area contributed by atoms with Crippen LogP contribution in [-0.4, -0.2) is 56.4 Å². The van der Waals surface area contributed by atoms with Gasteiger partial charge in [0.25, 0.3) is 5.69 Å². The Hall–Kier alpha value is -4.39. The second kappa shape index (κ2) is 13.1. The maximum Gasteiger partial charge on any atom is 0.336 e. The number of aliphatic hydroxyl groups is 1. The summed E-state index contributed by atoms with van der Waals surface area (Å²) in [5.74, 6) is 0.817. The summed E-state index contributed by atoms with van der Waals surface area (Å²) in [7, 11) is 0. The molecule has 2 aliphatic carbocycles. The van der Waals surface area contributed by atoms with Crippen LogP contribution < -0.4 is 4.74 Å². The number of cyclic esters (lactones) is 1. The minimum atomic E-state index is -0.857. The molecule has 2 saturated heterocycles. The van der Waals surface area contributed by atoms with E-state index in [1.54, 1.807) is 23.0 Å². The van der Waals surface area contributed by atoms with Gasteiger partial charge in [-0.1, -0.05) is 61.6 Å². The van der Waals surface area contributed by atoms with Gasteiger partial charge in [0.1, 0.15) is 30.8 Å². The Balaban J connectivity index is 0.950. The van der Waals surface area contributed by atoms with Gasteiger partial charge in [-0.2, -0.15) is 0 Å². The number of aromatic nitrogens is 3. The van der Waals surface area contributed by atoms with Crippen molar-refractivity contribution in [3.8, 4) is 5.75 Å². The van der Waals surface area contributed by atoms with Crippen LogP contribution in [0, 0.1) is 32.8 Å². The number of ether oxygens (including phenoxy) is 4. The average Bonchev–Trinajstić information content (AvgIpc) is 3.68. The van der Waals surface area contributed by atoms with E-state index in [2.05, 4.69) is 30.7 Å². The Morgan fingerprint density at radius 1 is 1.14 bits per heavy atom. The number of nitro benzene ring substituents is 1. The first kappa shape index (κ1) is 33.1. The largest absolute Gasteiger partial charge is 0.487 e. The van der Waals surface area contributed by atoms with Crippen LogP contribution in [0.3, 0.4) is 0 Å². The maximum absolute atomic E-state index is 12.1. The highest BCUT2D eigenvalue weighted by molar-refractivity contribution is 5.91. The number of allylic oxidation sites excluding steroid dienone is 2. The number of hydrogen-bond donors (Lipinski definition) is 1. The molecule has 7 rings (SSSR count). The van der Waals surface area contributed by atoms with Crippen molar-refractivity contribution in [3.63, 3.8) is 0 Å². The summed E-state index contributed by atoms with van der Waals surface area (Å²) in [6, 6.07) is 14.1. The molecular weight excluding hydrogens is 628 g/mol. The molecule has 4 fully saturated rings. The zero-order valence-electron chi connectivity index (χ0n) is 27.8. The first-order chi connectivity index (χ1) is 23.5. The Kier molecular flexibility index (Phi) is 8.89. The molecule has 12 heteroatoms. The highest BCUT2D eigenvalue weighted by Gasteiger charge is 2.60. The van der Waals surface area contributed by atoms with E-state index in [0.717, 1.165) is 36.8 Å². The predicted octanol–water partition coefficient (Wildman–Crippen LogP) is 5.85. The van der Waals surface area contributed by atoms with Gasteiger partial charge >= 0.3 is 5.97 Å². The summed E-state index contributed by atoms with van der Waals surface area (Å²) in [4.78, 5) is 22.6. The van der Waals surface area contributed by atoms with Gasteiger partial charge < -0.3 is 24.1 Å². The van der Waals surface area contributed by atoms with E-state index in [1.165, 1.54) is 17.7 Å². The molecule has 2 saturated carbocycles. The third-order valence-corrected chi connectivity index (χ3v) is 11.3. The summed E-state index contributed by atoms with van der Waals surface area (Å²) < 4.78 is 25.8. The minimum absolute atomic E-state index is 0.0281.